The summed E-state index contributed by atoms with van der Waals surface area (Å²) in [4.78, 5) is 0. The number of rotatable bonds is 1. The highest BCUT2D eigenvalue weighted by Gasteiger charge is 2.42. The van der Waals surface area contributed by atoms with E-state index in [1.807, 2.05) is 27.7 Å². The van der Waals surface area contributed by atoms with Gasteiger partial charge in [0.1, 0.15) is 0 Å². The maximum atomic E-state index is 9.94. The van der Waals surface area contributed by atoms with Crippen molar-refractivity contribution in [2.75, 3.05) is 0 Å². The van der Waals surface area contributed by atoms with Gasteiger partial charge in [-0.25, -0.2) is 0 Å². The van der Waals surface area contributed by atoms with Crippen molar-refractivity contribution in [2.24, 2.45) is 5.41 Å². The first-order valence-corrected chi connectivity index (χ1v) is 5.63. The Bertz CT molecular complexity index is 217. The van der Waals surface area contributed by atoms with Crippen LogP contribution in [-0.4, -0.2) is 29.2 Å². The first-order valence-electron chi connectivity index (χ1n) is 5.63. The lowest BCUT2D eigenvalue weighted by Crippen LogP contribution is -2.50. The van der Waals surface area contributed by atoms with Crippen LogP contribution in [0.25, 0.3) is 0 Å². The third kappa shape index (κ3) is 3.44. The molecule has 0 radical (unpaired) electrons. The summed E-state index contributed by atoms with van der Waals surface area (Å²) >= 11 is 0. The van der Waals surface area contributed by atoms with Gasteiger partial charge in [-0.3, -0.25) is 0 Å². The molecular weight excluding hydrogens is 192 g/mol. The van der Waals surface area contributed by atoms with Gasteiger partial charge in [0.05, 0.1) is 17.8 Å². The van der Waals surface area contributed by atoms with E-state index in [1.165, 1.54) is 0 Å². The maximum Gasteiger partial charge on any atom is 0.159 e. The van der Waals surface area contributed by atoms with Crippen LogP contribution in [0, 0.1) is 5.41 Å². The number of hydrogen-bond acceptors (Lipinski definition) is 3. The third-order valence-electron chi connectivity index (χ3n) is 2.79. The van der Waals surface area contributed by atoms with Crippen LogP contribution < -0.4 is 0 Å². The smallest absolute Gasteiger partial charge is 0.159 e. The molecule has 1 fully saturated rings. The van der Waals surface area contributed by atoms with E-state index in [1.54, 1.807) is 0 Å². The maximum absolute atomic E-state index is 9.94. The molecule has 0 saturated carbocycles. The van der Waals surface area contributed by atoms with E-state index in [-0.39, 0.29) is 23.4 Å². The van der Waals surface area contributed by atoms with Gasteiger partial charge in [0.15, 0.2) is 6.29 Å². The first-order chi connectivity index (χ1) is 6.62. The van der Waals surface area contributed by atoms with Crippen LogP contribution in [0.15, 0.2) is 0 Å². The lowest BCUT2D eigenvalue weighted by molar-refractivity contribution is -0.277. The van der Waals surface area contributed by atoms with Crippen LogP contribution >= 0.6 is 0 Å². The molecule has 3 nitrogen and oxygen atoms in total. The minimum absolute atomic E-state index is 0.145. The first kappa shape index (κ1) is 12.9. The van der Waals surface area contributed by atoms with Gasteiger partial charge >= 0.3 is 0 Å². The average Bonchev–Trinajstić information content (AvgIpc) is 1.95. The summed E-state index contributed by atoms with van der Waals surface area (Å²) < 4.78 is 11.4. The highest BCUT2D eigenvalue weighted by molar-refractivity contribution is 4.88. The van der Waals surface area contributed by atoms with E-state index in [0.29, 0.717) is 0 Å². The standard InChI is InChI=1S/C12H24O3/c1-8-10(13)12(5,6)7-9(14-8)15-11(2,3)4/h8-10,13H,7H2,1-6H3. The number of ether oxygens (including phenoxy) is 2. The molecule has 1 heterocycles. The molecule has 0 aliphatic carbocycles. The zero-order valence-electron chi connectivity index (χ0n) is 10.7. The quantitative estimate of drug-likeness (QED) is 0.731. The van der Waals surface area contributed by atoms with E-state index < -0.39 is 6.10 Å². The van der Waals surface area contributed by atoms with Crippen molar-refractivity contribution in [1.82, 2.24) is 0 Å². The van der Waals surface area contributed by atoms with Crippen molar-refractivity contribution in [3.05, 3.63) is 0 Å². The van der Waals surface area contributed by atoms with Crippen molar-refractivity contribution in [3.8, 4) is 0 Å². The molecule has 0 aromatic carbocycles. The summed E-state index contributed by atoms with van der Waals surface area (Å²) in [5.41, 5.74) is -0.351. The predicted molar refractivity (Wildman–Crippen MR) is 59.6 cm³/mol. The van der Waals surface area contributed by atoms with Gasteiger partial charge < -0.3 is 14.6 Å². The largest absolute Gasteiger partial charge is 0.390 e. The zero-order valence-corrected chi connectivity index (χ0v) is 10.7. The average molecular weight is 216 g/mol. The molecule has 1 aliphatic rings. The van der Waals surface area contributed by atoms with Crippen LogP contribution in [-0.2, 0) is 9.47 Å². The van der Waals surface area contributed by atoms with Gasteiger partial charge in [-0.1, -0.05) is 13.8 Å². The second-order valence-corrected chi connectivity index (χ2v) is 6.14. The summed E-state index contributed by atoms with van der Waals surface area (Å²) in [6, 6.07) is 0. The fraction of sp³-hybridized carbons (Fsp3) is 1.00. The fourth-order valence-electron chi connectivity index (χ4n) is 2.01. The summed E-state index contributed by atoms with van der Waals surface area (Å²) in [6.07, 6.45) is -0.0627. The second kappa shape index (κ2) is 4.04. The molecule has 3 atom stereocenters. The number of aliphatic hydroxyl groups excluding tert-OH is 1. The van der Waals surface area contributed by atoms with Crippen LogP contribution in [0.5, 0.6) is 0 Å². The summed E-state index contributed by atoms with van der Waals surface area (Å²) in [6.45, 7) is 12.0. The SMILES string of the molecule is CC1OC(OC(C)(C)C)CC(C)(C)C1O. The molecule has 1 rings (SSSR count). The Morgan fingerprint density at radius 1 is 1.33 bits per heavy atom. The van der Waals surface area contributed by atoms with Gasteiger partial charge in [-0.2, -0.15) is 0 Å². The Labute approximate surface area is 92.8 Å². The van der Waals surface area contributed by atoms with Gasteiger partial charge in [0.2, 0.25) is 0 Å². The van der Waals surface area contributed by atoms with Crippen LogP contribution in [0.3, 0.4) is 0 Å². The Kier molecular flexibility index (Phi) is 3.49. The normalized spacial score (nSPS) is 36.6. The zero-order chi connectivity index (χ0) is 11.9. The minimum Gasteiger partial charge on any atom is -0.390 e. The predicted octanol–water partition coefficient (Wildman–Crippen LogP) is 2.32. The molecule has 1 aliphatic heterocycles. The molecule has 0 aromatic heterocycles. The molecule has 3 heteroatoms. The van der Waals surface area contributed by atoms with Crippen molar-refractivity contribution in [1.29, 1.82) is 0 Å². The van der Waals surface area contributed by atoms with Crippen LogP contribution in [0.1, 0.15) is 48.0 Å². The van der Waals surface area contributed by atoms with E-state index in [9.17, 15) is 5.11 Å². The summed E-state index contributed by atoms with van der Waals surface area (Å²) in [5, 5.41) is 9.94. The van der Waals surface area contributed by atoms with Crippen molar-refractivity contribution < 1.29 is 14.6 Å². The highest BCUT2D eigenvalue weighted by Crippen LogP contribution is 2.37. The monoisotopic (exact) mass is 216 g/mol. The number of hydrogen-bond donors (Lipinski definition) is 1. The van der Waals surface area contributed by atoms with E-state index in [4.69, 9.17) is 9.47 Å². The summed E-state index contributed by atoms with van der Waals surface area (Å²) in [7, 11) is 0. The minimum atomic E-state index is -0.419. The molecule has 0 bridgehead atoms. The van der Waals surface area contributed by atoms with Crippen molar-refractivity contribution >= 4 is 0 Å². The van der Waals surface area contributed by atoms with E-state index >= 15 is 0 Å². The Morgan fingerprint density at radius 3 is 2.27 bits per heavy atom. The topological polar surface area (TPSA) is 38.7 Å². The van der Waals surface area contributed by atoms with Crippen molar-refractivity contribution in [3.63, 3.8) is 0 Å². The lowest BCUT2D eigenvalue weighted by atomic mass is 9.78. The molecule has 90 valence electrons. The molecule has 1 N–H and O–H groups in total. The third-order valence-corrected chi connectivity index (χ3v) is 2.79. The molecule has 3 unspecified atom stereocenters. The van der Waals surface area contributed by atoms with E-state index in [0.717, 1.165) is 6.42 Å². The Hall–Kier alpha value is -0.120. The van der Waals surface area contributed by atoms with Crippen LogP contribution in [0.4, 0.5) is 0 Å². The molecular formula is C12H24O3. The molecule has 0 spiro atoms. The van der Waals surface area contributed by atoms with Gasteiger partial charge in [0, 0.05) is 6.42 Å². The Morgan fingerprint density at radius 2 is 1.87 bits per heavy atom. The lowest BCUT2D eigenvalue weighted by Gasteiger charge is -2.44. The molecule has 0 amide bonds. The van der Waals surface area contributed by atoms with Gasteiger partial charge in [-0.05, 0) is 33.1 Å². The van der Waals surface area contributed by atoms with Gasteiger partial charge in [-0.15, -0.1) is 0 Å². The fourth-order valence-corrected chi connectivity index (χ4v) is 2.01. The van der Waals surface area contributed by atoms with Gasteiger partial charge in [0.25, 0.3) is 0 Å². The molecule has 1 saturated heterocycles. The second-order valence-electron chi connectivity index (χ2n) is 6.14. The molecule has 0 aromatic rings. The molecule has 15 heavy (non-hydrogen) atoms. The Balaban J connectivity index is 2.65. The van der Waals surface area contributed by atoms with Crippen LogP contribution in [0.2, 0.25) is 0 Å². The summed E-state index contributed by atoms with van der Waals surface area (Å²) in [5.74, 6) is 0. The highest BCUT2D eigenvalue weighted by atomic mass is 16.7. The van der Waals surface area contributed by atoms with E-state index in [2.05, 4.69) is 13.8 Å². The van der Waals surface area contributed by atoms with Crippen molar-refractivity contribution in [2.45, 2.75) is 72.1 Å². The number of aliphatic hydroxyl groups is 1.